The fourth-order valence-electron chi connectivity index (χ4n) is 15.3. The Morgan fingerprint density at radius 1 is 0.500 bits per heavy atom. The van der Waals surface area contributed by atoms with E-state index in [1.807, 2.05) is 0 Å². The van der Waals surface area contributed by atoms with Crippen LogP contribution in [0.3, 0.4) is 0 Å². The standard InChI is InChI=1S/C52H49F9O3/c1-24-4-18-35-37-22-20-33(27-6-12-30(13-7-27)62-50(53,54)55)42-41(29-10-16-32(17-11-29)64-52(59,60)61)43-34(28-8-14-31(15-9-28)63-51(56,57)58)21-23-38-36-19-5-25(2)40-26(3)39(24)44(35)48(45(36)40)49(46(37)42)47(38)43/h6-8,10,12-14,16,24-26,33-38,41,48-49H,4-5,9,15,18-23H2,1-3H3. The average molecular weight is 893 g/mol. The summed E-state index contributed by atoms with van der Waals surface area (Å²) in [6, 6.07) is 6.14. The van der Waals surface area contributed by atoms with Crippen molar-refractivity contribution in [1.82, 2.24) is 0 Å². The number of hydrogen-bond donors (Lipinski definition) is 0. The molecule has 1 aromatic rings. The Morgan fingerprint density at radius 3 is 1.52 bits per heavy atom. The van der Waals surface area contributed by atoms with Crippen molar-refractivity contribution in [3.63, 3.8) is 0 Å². The normalized spacial score (nSPS) is 36.2. The van der Waals surface area contributed by atoms with Crippen molar-refractivity contribution >= 4 is 0 Å². The summed E-state index contributed by atoms with van der Waals surface area (Å²) in [6.07, 6.45) is -0.474. The van der Waals surface area contributed by atoms with Crippen LogP contribution >= 0.6 is 0 Å². The molecule has 2 saturated carbocycles. The summed E-state index contributed by atoms with van der Waals surface area (Å²) < 4.78 is 134. The van der Waals surface area contributed by atoms with Gasteiger partial charge in [0.05, 0.1) is 0 Å². The minimum atomic E-state index is -4.94. The second kappa shape index (κ2) is 14.7. The van der Waals surface area contributed by atoms with E-state index in [1.54, 1.807) is 46.6 Å². The predicted molar refractivity (Wildman–Crippen MR) is 219 cm³/mol. The second-order valence-electron chi connectivity index (χ2n) is 19.9. The first-order valence-corrected chi connectivity index (χ1v) is 23.0. The van der Waals surface area contributed by atoms with E-state index < -0.39 is 30.8 Å². The zero-order valence-electron chi connectivity index (χ0n) is 35.7. The van der Waals surface area contributed by atoms with Gasteiger partial charge in [-0.3, -0.25) is 0 Å². The molecule has 0 heterocycles. The summed E-state index contributed by atoms with van der Waals surface area (Å²) in [4.78, 5) is 0. The molecule has 0 amide bonds. The Hall–Kier alpha value is -4.53. The maximum atomic E-state index is 13.5. The summed E-state index contributed by atoms with van der Waals surface area (Å²) in [5.41, 5.74) is 20.0. The van der Waals surface area contributed by atoms with Crippen LogP contribution < -0.4 is 4.74 Å². The van der Waals surface area contributed by atoms with Crippen molar-refractivity contribution in [1.29, 1.82) is 0 Å². The van der Waals surface area contributed by atoms with Crippen LogP contribution in [0.15, 0.2) is 127 Å². The third-order valence-electron chi connectivity index (χ3n) is 16.9. The molecule has 0 aliphatic heterocycles. The fourth-order valence-corrected chi connectivity index (χ4v) is 15.3. The van der Waals surface area contributed by atoms with Crippen LogP contribution in [-0.2, 0) is 9.47 Å². The van der Waals surface area contributed by atoms with Gasteiger partial charge in [0.25, 0.3) is 0 Å². The van der Waals surface area contributed by atoms with Gasteiger partial charge in [-0.15, -0.1) is 39.5 Å². The Bertz CT molecular complexity index is 2500. The summed E-state index contributed by atoms with van der Waals surface area (Å²) in [5, 5.41) is 0. The first-order chi connectivity index (χ1) is 30.3. The molecule has 0 saturated heterocycles. The molecular formula is C52H49F9O3. The zero-order valence-corrected chi connectivity index (χ0v) is 35.7. The summed E-state index contributed by atoms with van der Waals surface area (Å²) >= 11 is 0. The van der Waals surface area contributed by atoms with Crippen molar-refractivity contribution in [3.05, 3.63) is 133 Å². The van der Waals surface area contributed by atoms with Crippen molar-refractivity contribution < 1.29 is 53.7 Å². The highest BCUT2D eigenvalue weighted by atomic mass is 19.4. The van der Waals surface area contributed by atoms with Crippen LogP contribution in [0.5, 0.6) is 5.75 Å². The first kappa shape index (κ1) is 42.1. The maximum Gasteiger partial charge on any atom is 0.573 e. The molecule has 11 rings (SSSR count). The number of hydrogen-bond acceptors (Lipinski definition) is 3. The second-order valence-corrected chi connectivity index (χ2v) is 19.9. The number of alkyl halides is 9. The summed E-state index contributed by atoms with van der Waals surface area (Å²) in [6.45, 7) is 7.24. The SMILES string of the molecule is CC1CCC2C3=C1C(C)C1=C4C(CCC1C)C1CCC(c5ccc(OC(F)(F)F)cc5)C5=C1C(C1=C(C(C6=CC=C(OC(F)(F)F)CC6)CCC12)C5C1=C=C=C(OC(F)(F)F)C=C1)C34. The number of rotatable bonds is 6. The molecule has 1 aromatic carbocycles. The quantitative estimate of drug-likeness (QED) is 0.162. The molecule has 12 heteroatoms. The minimum Gasteiger partial charge on any atom is -0.410 e. The molecule has 12 atom stereocenters. The lowest BCUT2D eigenvalue weighted by molar-refractivity contribution is -0.306. The van der Waals surface area contributed by atoms with E-state index >= 15 is 0 Å². The number of halogens is 9. The Morgan fingerprint density at radius 2 is 1.02 bits per heavy atom. The van der Waals surface area contributed by atoms with E-state index in [1.165, 1.54) is 41.0 Å². The van der Waals surface area contributed by atoms with E-state index in [9.17, 15) is 39.5 Å². The van der Waals surface area contributed by atoms with Crippen LogP contribution in [-0.4, -0.2) is 19.1 Å². The molecule has 0 radical (unpaired) electrons. The van der Waals surface area contributed by atoms with Gasteiger partial charge in [0.15, 0.2) is 5.76 Å². The van der Waals surface area contributed by atoms with Gasteiger partial charge in [-0.2, -0.15) is 0 Å². The van der Waals surface area contributed by atoms with Gasteiger partial charge in [-0.05, 0) is 141 Å². The molecule has 3 nitrogen and oxygen atoms in total. The van der Waals surface area contributed by atoms with Gasteiger partial charge >= 0.3 is 19.1 Å². The van der Waals surface area contributed by atoms with E-state index in [2.05, 4.69) is 46.4 Å². The molecule has 0 N–H and O–H groups in total. The van der Waals surface area contributed by atoms with Crippen LogP contribution in [0.2, 0.25) is 0 Å². The highest BCUT2D eigenvalue weighted by molar-refractivity contribution is 5.65. The van der Waals surface area contributed by atoms with E-state index in [0.29, 0.717) is 48.0 Å². The highest BCUT2D eigenvalue weighted by Gasteiger charge is 2.64. The lowest BCUT2D eigenvalue weighted by atomic mass is 9.38. The monoisotopic (exact) mass is 892 g/mol. The first-order valence-electron chi connectivity index (χ1n) is 23.0. The molecule has 0 aromatic heterocycles. The van der Waals surface area contributed by atoms with Gasteiger partial charge in [0, 0.05) is 41.6 Å². The smallest absolute Gasteiger partial charge is 0.410 e. The Labute approximate surface area is 366 Å². The van der Waals surface area contributed by atoms with Crippen molar-refractivity contribution in [2.24, 2.45) is 65.1 Å². The molecule has 338 valence electrons. The zero-order chi connectivity index (χ0) is 44.8. The third kappa shape index (κ3) is 6.77. The maximum absolute atomic E-state index is 13.5. The van der Waals surface area contributed by atoms with Gasteiger partial charge < -0.3 is 14.2 Å². The fraction of sp³-hybridized carbons (Fsp3) is 0.538. The molecule has 12 unspecified atom stereocenters. The van der Waals surface area contributed by atoms with E-state index in [0.717, 1.165) is 61.7 Å². The topological polar surface area (TPSA) is 27.7 Å². The average Bonchev–Trinajstić information content (AvgIpc) is 3.22. The Balaban J connectivity index is 1.19. The third-order valence-corrected chi connectivity index (χ3v) is 16.9. The molecule has 10 aliphatic rings. The largest absolute Gasteiger partial charge is 0.573 e. The minimum absolute atomic E-state index is 0.0426. The number of fused-ring (bicyclic) bond motifs is 2. The lowest BCUT2D eigenvalue weighted by Crippen LogP contribution is -2.55. The summed E-state index contributed by atoms with van der Waals surface area (Å²) in [5.74, 6) is 0.663. The molecule has 0 spiro atoms. The lowest BCUT2D eigenvalue weighted by Gasteiger charge is -2.66. The van der Waals surface area contributed by atoms with Gasteiger partial charge in [0.2, 0.25) is 0 Å². The van der Waals surface area contributed by atoms with Crippen molar-refractivity contribution in [2.75, 3.05) is 0 Å². The number of benzene rings is 1. The van der Waals surface area contributed by atoms with Crippen molar-refractivity contribution in [3.8, 4) is 5.75 Å². The molecule has 10 aliphatic carbocycles. The van der Waals surface area contributed by atoms with Crippen LogP contribution in [0.25, 0.3) is 0 Å². The van der Waals surface area contributed by atoms with E-state index in [-0.39, 0.29) is 53.4 Å². The van der Waals surface area contributed by atoms with Gasteiger partial charge in [-0.1, -0.05) is 94.9 Å². The van der Waals surface area contributed by atoms with Gasteiger partial charge in [0.1, 0.15) is 11.5 Å². The molecule has 2 fully saturated rings. The van der Waals surface area contributed by atoms with Crippen LogP contribution in [0, 0.1) is 65.1 Å². The van der Waals surface area contributed by atoms with Crippen LogP contribution in [0.4, 0.5) is 39.5 Å². The predicted octanol–water partition coefficient (Wildman–Crippen LogP) is 14.7. The molecule has 0 bridgehead atoms. The van der Waals surface area contributed by atoms with Crippen molar-refractivity contribution in [2.45, 2.75) is 110 Å². The Kier molecular flexibility index (Phi) is 9.70. The van der Waals surface area contributed by atoms with Crippen LogP contribution in [0.1, 0.15) is 96.5 Å². The molecule has 64 heavy (non-hydrogen) atoms. The summed E-state index contributed by atoms with van der Waals surface area (Å²) in [7, 11) is 0. The molecular weight excluding hydrogens is 844 g/mol. The highest BCUT2D eigenvalue weighted by Crippen LogP contribution is 2.74. The number of ether oxygens (including phenoxy) is 3. The number of allylic oxidation sites excluding steroid dienone is 15. The van der Waals surface area contributed by atoms with E-state index in [4.69, 9.17) is 0 Å². The van der Waals surface area contributed by atoms with Gasteiger partial charge in [-0.25, -0.2) is 0 Å².